The minimum atomic E-state index is -0.540. The van der Waals surface area contributed by atoms with Crippen molar-refractivity contribution in [3.05, 3.63) is 52.7 Å². The summed E-state index contributed by atoms with van der Waals surface area (Å²) in [4.78, 5) is 27.7. The highest BCUT2D eigenvalue weighted by Crippen LogP contribution is 2.28. The molecule has 31 heavy (non-hydrogen) atoms. The first-order valence-electron chi connectivity index (χ1n) is 10.5. The Morgan fingerprint density at radius 2 is 2.13 bits per heavy atom. The fourth-order valence-corrected chi connectivity index (χ4v) is 4.29. The lowest BCUT2D eigenvalue weighted by molar-refractivity contribution is 0.0945. The first kappa shape index (κ1) is 19.6. The Hall–Kier alpha value is -3.33. The summed E-state index contributed by atoms with van der Waals surface area (Å²) >= 11 is 0. The molecule has 0 aromatic carbocycles. The summed E-state index contributed by atoms with van der Waals surface area (Å²) in [6.07, 6.45) is 2.74. The zero-order valence-corrected chi connectivity index (χ0v) is 17.6. The molecule has 0 unspecified atom stereocenters. The average Bonchev–Trinajstić information content (AvgIpc) is 3.12. The van der Waals surface area contributed by atoms with Crippen LogP contribution in [0.3, 0.4) is 0 Å². The number of amides is 1. The van der Waals surface area contributed by atoms with Gasteiger partial charge in [-0.2, -0.15) is 0 Å². The minimum absolute atomic E-state index is 0.143. The van der Waals surface area contributed by atoms with Gasteiger partial charge in [-0.25, -0.2) is 19.3 Å². The molecular weight excluding hydrogens is 397 g/mol. The van der Waals surface area contributed by atoms with Crippen molar-refractivity contribution >= 4 is 17.7 Å². The van der Waals surface area contributed by atoms with Crippen LogP contribution in [0, 0.1) is 5.82 Å². The molecule has 0 spiro atoms. The maximum absolute atomic E-state index is 14.6. The van der Waals surface area contributed by atoms with E-state index in [0.29, 0.717) is 30.0 Å². The van der Waals surface area contributed by atoms with Gasteiger partial charge in [-0.15, -0.1) is 0 Å². The Balaban J connectivity index is 1.45. The molecule has 2 aliphatic heterocycles. The second kappa shape index (κ2) is 7.73. The predicted octanol–water partition coefficient (Wildman–Crippen LogP) is 2.42. The Morgan fingerprint density at radius 3 is 2.94 bits per heavy atom. The topological polar surface area (TPSA) is 88.0 Å². The van der Waals surface area contributed by atoms with Gasteiger partial charge >= 0.3 is 0 Å². The molecule has 160 valence electrons. The van der Waals surface area contributed by atoms with E-state index in [1.165, 1.54) is 5.56 Å². The molecule has 0 fully saturated rings. The number of pyridine rings is 1. The smallest absolute Gasteiger partial charge is 0.253 e. The van der Waals surface area contributed by atoms with Crippen LogP contribution in [0.25, 0.3) is 11.4 Å². The van der Waals surface area contributed by atoms with Gasteiger partial charge in [0.25, 0.3) is 5.91 Å². The second-order valence-corrected chi connectivity index (χ2v) is 7.89. The Labute approximate surface area is 179 Å². The van der Waals surface area contributed by atoms with E-state index >= 15 is 0 Å². The van der Waals surface area contributed by atoms with Gasteiger partial charge in [0.05, 0.1) is 17.5 Å². The summed E-state index contributed by atoms with van der Waals surface area (Å²) in [5.74, 6) is 0.211. The maximum atomic E-state index is 14.6. The van der Waals surface area contributed by atoms with Crippen LogP contribution in [0.4, 0.5) is 16.2 Å². The van der Waals surface area contributed by atoms with E-state index in [1.54, 1.807) is 6.07 Å². The van der Waals surface area contributed by atoms with Gasteiger partial charge in [0.15, 0.2) is 5.82 Å². The molecule has 0 atom stereocenters. The van der Waals surface area contributed by atoms with Crippen molar-refractivity contribution in [1.29, 1.82) is 0 Å². The van der Waals surface area contributed by atoms with Crippen molar-refractivity contribution in [3.8, 4) is 11.4 Å². The molecule has 5 heterocycles. The molecule has 8 nitrogen and oxygen atoms in total. The average molecular weight is 421 g/mol. The van der Waals surface area contributed by atoms with Crippen LogP contribution in [0.1, 0.15) is 34.2 Å². The van der Waals surface area contributed by atoms with Crippen molar-refractivity contribution in [2.24, 2.45) is 7.05 Å². The summed E-state index contributed by atoms with van der Waals surface area (Å²) in [5.41, 5.74) is 4.43. The van der Waals surface area contributed by atoms with E-state index in [9.17, 15) is 9.18 Å². The van der Waals surface area contributed by atoms with Crippen LogP contribution in [0.2, 0.25) is 0 Å². The highest BCUT2D eigenvalue weighted by atomic mass is 19.1. The van der Waals surface area contributed by atoms with Crippen molar-refractivity contribution < 1.29 is 9.18 Å². The van der Waals surface area contributed by atoms with Crippen molar-refractivity contribution in [3.63, 3.8) is 0 Å². The SMILES string of the molecule is CCN1CCc2nc(Nc3ncc(F)c(-c4cc5c(n4C)CCNC5=O)n3)ccc2C1. The number of fused-ring (bicyclic) bond motifs is 2. The quantitative estimate of drug-likeness (QED) is 0.673. The molecule has 0 bridgehead atoms. The Bertz CT molecular complexity index is 1170. The zero-order valence-electron chi connectivity index (χ0n) is 17.6. The molecule has 3 aromatic heterocycles. The molecule has 9 heteroatoms. The van der Waals surface area contributed by atoms with E-state index in [0.717, 1.165) is 43.6 Å². The Morgan fingerprint density at radius 1 is 1.26 bits per heavy atom. The fourth-order valence-electron chi connectivity index (χ4n) is 4.29. The number of halogens is 1. The van der Waals surface area contributed by atoms with Crippen molar-refractivity contribution in [1.82, 2.24) is 29.7 Å². The summed E-state index contributed by atoms with van der Waals surface area (Å²) in [6.45, 7) is 5.65. The number of hydrogen-bond acceptors (Lipinski definition) is 6. The molecule has 1 amide bonds. The number of likely N-dealkylation sites (N-methyl/N-ethyl adjacent to an activating group) is 1. The van der Waals surface area contributed by atoms with E-state index in [1.807, 2.05) is 17.7 Å². The highest BCUT2D eigenvalue weighted by molar-refractivity contribution is 5.97. The lowest BCUT2D eigenvalue weighted by Gasteiger charge is -2.27. The molecule has 2 aliphatic rings. The van der Waals surface area contributed by atoms with E-state index in [2.05, 4.69) is 38.5 Å². The van der Waals surface area contributed by atoms with Gasteiger partial charge in [-0.05, 0) is 24.2 Å². The number of nitrogens with zero attached hydrogens (tertiary/aromatic N) is 5. The normalized spacial score (nSPS) is 15.9. The van der Waals surface area contributed by atoms with Gasteiger partial charge in [0.2, 0.25) is 5.95 Å². The largest absolute Gasteiger partial charge is 0.352 e. The minimum Gasteiger partial charge on any atom is -0.352 e. The highest BCUT2D eigenvalue weighted by Gasteiger charge is 2.25. The van der Waals surface area contributed by atoms with Crippen LogP contribution in [-0.2, 0) is 26.4 Å². The molecule has 0 radical (unpaired) electrons. The number of carbonyl (C=O) groups excluding carboxylic acids is 1. The van der Waals surface area contributed by atoms with Crippen molar-refractivity contribution in [2.75, 3.05) is 25.0 Å². The van der Waals surface area contributed by atoms with E-state index < -0.39 is 5.82 Å². The predicted molar refractivity (Wildman–Crippen MR) is 115 cm³/mol. The van der Waals surface area contributed by atoms with Crippen molar-refractivity contribution in [2.45, 2.75) is 26.3 Å². The van der Waals surface area contributed by atoms with Gasteiger partial charge in [0.1, 0.15) is 11.5 Å². The molecular formula is C22H24FN7O. The second-order valence-electron chi connectivity index (χ2n) is 7.89. The third-order valence-corrected chi connectivity index (χ3v) is 6.05. The lowest BCUT2D eigenvalue weighted by atomic mass is 10.1. The number of rotatable bonds is 4. The fraction of sp³-hybridized carbons (Fsp3) is 0.364. The van der Waals surface area contributed by atoms with Gasteiger partial charge in [-0.3, -0.25) is 9.69 Å². The summed E-state index contributed by atoms with van der Waals surface area (Å²) < 4.78 is 16.5. The number of nitrogens with one attached hydrogen (secondary N) is 2. The number of anilines is 2. The monoisotopic (exact) mass is 421 g/mol. The Kier molecular flexibility index (Phi) is 4.90. The van der Waals surface area contributed by atoms with E-state index in [-0.39, 0.29) is 17.5 Å². The zero-order chi connectivity index (χ0) is 21.5. The third kappa shape index (κ3) is 3.54. The molecule has 0 saturated carbocycles. The standard InChI is InChI=1S/C22H24FN7O/c1-3-30-9-7-16-13(12-30)4-5-19(26-16)27-22-25-11-15(23)20(28-22)18-10-14-17(29(18)2)6-8-24-21(14)31/h4-5,10-11H,3,6-9,12H2,1-2H3,(H,24,31)(H,25,26,27,28). The molecule has 0 saturated heterocycles. The molecule has 5 rings (SSSR count). The molecule has 3 aromatic rings. The lowest BCUT2D eigenvalue weighted by Crippen LogP contribution is -2.31. The van der Waals surface area contributed by atoms with Gasteiger partial charge in [-0.1, -0.05) is 13.0 Å². The molecule has 2 N–H and O–H groups in total. The summed E-state index contributed by atoms with van der Waals surface area (Å²) in [5, 5.41) is 5.92. The molecule has 0 aliphatic carbocycles. The van der Waals surface area contributed by atoms with Crippen LogP contribution in [0.5, 0.6) is 0 Å². The summed E-state index contributed by atoms with van der Waals surface area (Å²) in [6, 6.07) is 5.66. The third-order valence-electron chi connectivity index (χ3n) is 6.05. The number of carbonyl (C=O) groups is 1. The van der Waals surface area contributed by atoms with Crippen LogP contribution >= 0.6 is 0 Å². The summed E-state index contributed by atoms with van der Waals surface area (Å²) in [7, 11) is 1.83. The van der Waals surface area contributed by atoms with Gasteiger partial charge in [0, 0.05) is 50.9 Å². The van der Waals surface area contributed by atoms with Crippen LogP contribution in [0.15, 0.2) is 24.4 Å². The first-order chi connectivity index (χ1) is 15.0. The first-order valence-corrected chi connectivity index (χ1v) is 10.5. The van der Waals surface area contributed by atoms with E-state index in [4.69, 9.17) is 4.98 Å². The van der Waals surface area contributed by atoms with Crippen LogP contribution in [-0.4, -0.2) is 50.0 Å². The number of aromatic nitrogens is 4. The maximum Gasteiger partial charge on any atom is 0.253 e. The van der Waals surface area contributed by atoms with Gasteiger partial charge < -0.3 is 15.2 Å². The number of hydrogen-bond donors (Lipinski definition) is 2. The van der Waals surface area contributed by atoms with Crippen LogP contribution < -0.4 is 10.6 Å².